The Labute approximate surface area is 43.6 Å². The molecule has 0 aromatic heterocycles. The fourth-order valence-corrected chi connectivity index (χ4v) is 0.566. The maximum absolute atomic E-state index is 5.55. The first-order chi connectivity index (χ1) is 3.34. The van der Waals surface area contributed by atoms with E-state index in [1.165, 1.54) is 0 Å². The topological polar surface area (TPSA) is 38.5 Å². The molecule has 0 saturated carbocycles. The van der Waals surface area contributed by atoms with Gasteiger partial charge in [0.1, 0.15) is 0 Å². The molecule has 1 aliphatic heterocycles. The number of ether oxygens (including phenoxy) is 1. The number of nitrogens with two attached hydrogens (primary N) is 1. The van der Waals surface area contributed by atoms with E-state index in [1.807, 2.05) is 0 Å². The Hall–Kier alpha value is -0.0800. The van der Waals surface area contributed by atoms with Gasteiger partial charge in [-0.05, 0) is 6.42 Å². The molecule has 2 nitrogen and oxygen atoms in total. The largest absolute Gasteiger partial charge is 0.371 e. The lowest BCUT2D eigenvalue weighted by Crippen LogP contribution is -2.24. The average molecular weight is 101 g/mol. The van der Waals surface area contributed by atoms with E-state index in [9.17, 15) is 0 Å². The summed E-state index contributed by atoms with van der Waals surface area (Å²) in [5, 5.41) is 0. The van der Waals surface area contributed by atoms with Gasteiger partial charge in [0.25, 0.3) is 0 Å². The second-order valence-electron chi connectivity index (χ2n) is 1.94. The van der Waals surface area contributed by atoms with Crippen LogP contribution in [-0.2, 0) is 4.74 Å². The van der Waals surface area contributed by atoms with Gasteiger partial charge in [-0.2, -0.15) is 0 Å². The summed E-state index contributed by atoms with van der Waals surface area (Å²) in [6.07, 6.45) is 1.43. The monoisotopic (exact) mass is 101 g/mol. The zero-order chi connectivity index (χ0) is 5.28. The van der Waals surface area contributed by atoms with Crippen molar-refractivity contribution < 1.29 is 4.74 Å². The second kappa shape index (κ2) is 1.80. The maximum atomic E-state index is 5.55. The molecular weight excluding hydrogens is 90.1 g/mol. The molecule has 0 bridgehead atoms. The van der Waals surface area contributed by atoms with Crippen molar-refractivity contribution in [1.82, 2.24) is 0 Å². The lowest BCUT2D eigenvalue weighted by atomic mass is 10.2. The van der Waals surface area contributed by atoms with Crippen molar-refractivity contribution >= 4 is 0 Å². The van der Waals surface area contributed by atoms with Gasteiger partial charge in [-0.1, -0.05) is 6.92 Å². The van der Waals surface area contributed by atoms with E-state index in [4.69, 9.17) is 10.5 Å². The van der Waals surface area contributed by atoms with E-state index in [0.29, 0.717) is 12.1 Å². The summed E-state index contributed by atoms with van der Waals surface area (Å²) in [4.78, 5) is 0. The first-order valence-electron chi connectivity index (χ1n) is 2.71. The number of hydrogen-bond acceptors (Lipinski definition) is 2. The van der Waals surface area contributed by atoms with Crippen LogP contribution in [0.1, 0.15) is 13.3 Å². The normalized spacial score (nSPS) is 32.6. The Kier molecular flexibility index (Phi) is 1.30. The van der Waals surface area contributed by atoms with E-state index >= 15 is 0 Å². The molecule has 0 aromatic rings. The molecule has 1 rings (SSSR count). The Morgan fingerprint density at radius 1 is 2.00 bits per heavy atom. The van der Waals surface area contributed by atoms with Crippen molar-refractivity contribution in [2.45, 2.75) is 25.5 Å². The minimum atomic E-state index is 0.292. The summed E-state index contributed by atoms with van der Waals surface area (Å²) >= 11 is 0. The summed E-state index contributed by atoms with van der Waals surface area (Å²) in [7, 11) is 0. The number of hydrogen-bond donors (Lipinski definition) is 1. The third kappa shape index (κ3) is 1.14. The van der Waals surface area contributed by atoms with Crippen molar-refractivity contribution in [2.75, 3.05) is 6.61 Å². The third-order valence-corrected chi connectivity index (χ3v) is 1.31. The second-order valence-corrected chi connectivity index (χ2v) is 1.94. The van der Waals surface area contributed by atoms with Gasteiger partial charge >= 0.3 is 0 Å². The maximum Gasteiger partial charge on any atom is 0.0960 e. The standard InChI is InChI=1S/C5H11NO/c1-2-4(6)5-3-7-5/h4-5H,2-3,6H2,1H3. The molecule has 0 spiro atoms. The van der Waals surface area contributed by atoms with Crippen LogP contribution in [0.15, 0.2) is 0 Å². The van der Waals surface area contributed by atoms with Crippen molar-refractivity contribution in [3.63, 3.8) is 0 Å². The average Bonchev–Trinajstić information content (AvgIpc) is 2.44. The molecule has 2 atom stereocenters. The molecule has 2 unspecified atom stereocenters. The Morgan fingerprint density at radius 3 is 2.71 bits per heavy atom. The molecule has 42 valence electrons. The Morgan fingerprint density at radius 2 is 2.57 bits per heavy atom. The molecule has 0 aromatic carbocycles. The predicted molar refractivity (Wildman–Crippen MR) is 28.0 cm³/mol. The van der Waals surface area contributed by atoms with E-state index < -0.39 is 0 Å². The van der Waals surface area contributed by atoms with Crippen molar-refractivity contribution in [3.8, 4) is 0 Å². The third-order valence-electron chi connectivity index (χ3n) is 1.31. The molecular formula is C5H11NO. The molecule has 2 N–H and O–H groups in total. The van der Waals surface area contributed by atoms with E-state index in [-0.39, 0.29) is 0 Å². The van der Waals surface area contributed by atoms with Crippen molar-refractivity contribution in [3.05, 3.63) is 0 Å². The Balaban J connectivity index is 2.10. The molecule has 1 fully saturated rings. The smallest absolute Gasteiger partial charge is 0.0960 e. The number of rotatable bonds is 2. The summed E-state index contributed by atoms with van der Waals surface area (Å²) < 4.78 is 4.94. The van der Waals surface area contributed by atoms with Crippen molar-refractivity contribution in [1.29, 1.82) is 0 Å². The van der Waals surface area contributed by atoms with E-state index in [1.54, 1.807) is 0 Å². The van der Waals surface area contributed by atoms with E-state index in [0.717, 1.165) is 13.0 Å². The first-order valence-corrected chi connectivity index (χ1v) is 2.71. The lowest BCUT2D eigenvalue weighted by molar-refractivity contribution is 0.369. The van der Waals surface area contributed by atoms with Crippen LogP contribution >= 0.6 is 0 Å². The molecule has 1 heterocycles. The fraction of sp³-hybridized carbons (Fsp3) is 1.00. The minimum absolute atomic E-state index is 0.292. The Bertz CT molecular complexity index is 61.1. The van der Waals surface area contributed by atoms with Crippen LogP contribution in [0.3, 0.4) is 0 Å². The molecule has 2 heteroatoms. The van der Waals surface area contributed by atoms with Crippen LogP contribution in [0, 0.1) is 0 Å². The van der Waals surface area contributed by atoms with Gasteiger partial charge in [-0.25, -0.2) is 0 Å². The van der Waals surface area contributed by atoms with Crippen LogP contribution in [0.4, 0.5) is 0 Å². The van der Waals surface area contributed by atoms with Crippen LogP contribution < -0.4 is 5.73 Å². The molecule has 7 heavy (non-hydrogen) atoms. The molecule has 0 radical (unpaired) electrons. The highest BCUT2D eigenvalue weighted by Crippen LogP contribution is 2.13. The molecule has 1 saturated heterocycles. The van der Waals surface area contributed by atoms with Gasteiger partial charge in [0.15, 0.2) is 0 Å². The zero-order valence-corrected chi connectivity index (χ0v) is 4.55. The highest BCUT2D eigenvalue weighted by Gasteiger charge is 2.28. The molecule has 0 aliphatic carbocycles. The van der Waals surface area contributed by atoms with Crippen LogP contribution in [0.25, 0.3) is 0 Å². The molecule has 0 amide bonds. The van der Waals surface area contributed by atoms with Gasteiger partial charge in [0.05, 0.1) is 12.7 Å². The number of epoxide rings is 1. The fourth-order valence-electron chi connectivity index (χ4n) is 0.566. The lowest BCUT2D eigenvalue weighted by Gasteiger charge is -1.99. The highest BCUT2D eigenvalue weighted by atomic mass is 16.6. The van der Waals surface area contributed by atoms with Gasteiger partial charge in [0.2, 0.25) is 0 Å². The summed E-state index contributed by atoms with van der Waals surface area (Å²) in [6.45, 7) is 2.96. The summed E-state index contributed by atoms with van der Waals surface area (Å²) in [5.74, 6) is 0. The predicted octanol–water partition coefficient (Wildman–Crippen LogP) is 0.122. The molecule has 1 aliphatic rings. The summed E-state index contributed by atoms with van der Waals surface area (Å²) in [6, 6.07) is 0.292. The van der Waals surface area contributed by atoms with Crippen LogP contribution in [-0.4, -0.2) is 18.8 Å². The van der Waals surface area contributed by atoms with Crippen molar-refractivity contribution in [2.24, 2.45) is 5.73 Å². The van der Waals surface area contributed by atoms with Gasteiger partial charge in [-0.15, -0.1) is 0 Å². The van der Waals surface area contributed by atoms with Gasteiger partial charge in [0, 0.05) is 6.04 Å². The van der Waals surface area contributed by atoms with Gasteiger partial charge < -0.3 is 10.5 Å². The zero-order valence-electron chi connectivity index (χ0n) is 4.55. The SMILES string of the molecule is CCC(N)C1CO1. The first kappa shape index (κ1) is 5.06. The van der Waals surface area contributed by atoms with Gasteiger partial charge in [-0.3, -0.25) is 0 Å². The van der Waals surface area contributed by atoms with E-state index in [2.05, 4.69) is 6.92 Å². The quantitative estimate of drug-likeness (QED) is 0.502. The summed E-state index contributed by atoms with van der Waals surface area (Å²) in [5.41, 5.74) is 5.55. The highest BCUT2D eigenvalue weighted by molar-refractivity contribution is 4.80. The minimum Gasteiger partial charge on any atom is -0.371 e. The van der Waals surface area contributed by atoms with Crippen LogP contribution in [0.5, 0.6) is 0 Å². The van der Waals surface area contributed by atoms with Crippen LogP contribution in [0.2, 0.25) is 0 Å².